The molecule has 2 aliphatic carbocycles. The van der Waals surface area contributed by atoms with E-state index in [1.54, 1.807) is 6.07 Å². The lowest BCUT2D eigenvalue weighted by Gasteiger charge is -2.22. The number of nitrogens with one attached hydrogen (secondary N) is 1. The van der Waals surface area contributed by atoms with E-state index in [0.29, 0.717) is 43.7 Å². The molecule has 5 rings (SSSR count). The Labute approximate surface area is 193 Å². The number of anilines is 1. The van der Waals surface area contributed by atoms with Crippen molar-refractivity contribution in [2.45, 2.75) is 38.5 Å². The van der Waals surface area contributed by atoms with Crippen LogP contribution in [-0.4, -0.2) is 38.2 Å². The van der Waals surface area contributed by atoms with Crippen molar-refractivity contribution in [2.75, 3.05) is 23.7 Å². The molecular formula is C25H27FN2O4S. The second-order valence-corrected chi connectivity index (χ2v) is 10.9. The number of halogens is 1. The van der Waals surface area contributed by atoms with Crippen LogP contribution in [0.2, 0.25) is 0 Å². The summed E-state index contributed by atoms with van der Waals surface area (Å²) in [7, 11) is -3.67. The molecule has 1 saturated heterocycles. The first kappa shape index (κ1) is 22.2. The van der Waals surface area contributed by atoms with Gasteiger partial charge in [0.1, 0.15) is 11.6 Å². The van der Waals surface area contributed by atoms with Gasteiger partial charge in [0.2, 0.25) is 10.0 Å². The molecule has 0 radical (unpaired) electrons. The maximum absolute atomic E-state index is 15.0. The molecule has 1 aromatic heterocycles. The predicted octanol–water partition coefficient (Wildman–Crippen LogP) is 4.15. The van der Waals surface area contributed by atoms with Crippen LogP contribution in [0.25, 0.3) is 17.2 Å². The molecule has 0 unspecified atom stereocenters. The average Bonchev–Trinajstić information content (AvgIpc) is 3.53. The molecule has 8 heteroatoms. The largest absolute Gasteiger partial charge is 0.381 e. The van der Waals surface area contributed by atoms with Crippen LogP contribution < -0.4 is 4.72 Å². The summed E-state index contributed by atoms with van der Waals surface area (Å²) in [5, 5.41) is 0. The van der Waals surface area contributed by atoms with Crippen molar-refractivity contribution in [3.8, 4) is 11.1 Å². The van der Waals surface area contributed by atoms with Crippen molar-refractivity contribution in [2.24, 2.45) is 11.8 Å². The number of hydrogen-bond acceptors (Lipinski definition) is 5. The molecule has 0 atom stereocenters. The molecule has 1 aliphatic heterocycles. The summed E-state index contributed by atoms with van der Waals surface area (Å²) in [5.41, 5.74) is 3.88. The Hall–Kier alpha value is -2.58. The van der Waals surface area contributed by atoms with Crippen molar-refractivity contribution in [3.05, 3.63) is 53.1 Å². The number of ketones is 1. The number of rotatable bonds is 8. The van der Waals surface area contributed by atoms with Gasteiger partial charge in [-0.25, -0.2) is 12.8 Å². The van der Waals surface area contributed by atoms with Crippen LogP contribution in [0.4, 0.5) is 10.1 Å². The molecule has 1 N–H and O–H groups in total. The quantitative estimate of drug-likeness (QED) is 0.627. The second-order valence-electron chi connectivity index (χ2n) is 9.18. The Bertz CT molecular complexity index is 1220. The van der Waals surface area contributed by atoms with Crippen molar-refractivity contribution in [1.82, 2.24) is 4.98 Å². The van der Waals surface area contributed by atoms with Crippen LogP contribution in [0.5, 0.6) is 0 Å². The van der Waals surface area contributed by atoms with Gasteiger partial charge in [0.25, 0.3) is 0 Å². The van der Waals surface area contributed by atoms with E-state index >= 15 is 0 Å². The van der Waals surface area contributed by atoms with Crippen molar-refractivity contribution in [3.63, 3.8) is 0 Å². The van der Waals surface area contributed by atoms with E-state index in [-0.39, 0.29) is 35.5 Å². The summed E-state index contributed by atoms with van der Waals surface area (Å²) in [4.78, 5) is 17.0. The SMILES string of the molecule is O=C(Cc1cc(-c2ccc(NS(=O)(=O)CC3CCOCC3)c(F)c2)c2c(n1)CC=C2)C1CC1. The molecule has 174 valence electrons. The van der Waals surface area contributed by atoms with Gasteiger partial charge in [-0.15, -0.1) is 0 Å². The third-order valence-corrected chi connectivity index (χ3v) is 7.96. The van der Waals surface area contributed by atoms with Crippen LogP contribution in [0, 0.1) is 17.7 Å². The average molecular weight is 471 g/mol. The standard InChI is InChI=1S/C25H27FN2O4S/c26-22-12-18(6-7-24(22)28-33(30,31)15-16-8-10-32-11-9-16)21-13-19(14-25(29)17-4-5-17)27-23-3-1-2-20(21)23/h1-2,6-7,12-13,16-17,28H,3-5,8-11,14-15H2. The smallest absolute Gasteiger partial charge is 0.233 e. The molecule has 2 fully saturated rings. The van der Waals surface area contributed by atoms with Gasteiger partial charge >= 0.3 is 0 Å². The number of pyridine rings is 1. The Balaban J connectivity index is 1.38. The number of hydrogen-bond donors (Lipinski definition) is 1. The van der Waals surface area contributed by atoms with E-state index in [9.17, 15) is 17.6 Å². The number of carbonyl (C=O) groups is 1. The van der Waals surface area contributed by atoms with E-state index in [0.717, 1.165) is 29.7 Å². The monoisotopic (exact) mass is 470 g/mol. The highest BCUT2D eigenvalue weighted by molar-refractivity contribution is 7.92. The zero-order valence-corrected chi connectivity index (χ0v) is 19.2. The van der Waals surface area contributed by atoms with E-state index in [4.69, 9.17) is 4.74 Å². The van der Waals surface area contributed by atoms with Gasteiger partial charge in [0, 0.05) is 43.2 Å². The maximum atomic E-state index is 15.0. The summed E-state index contributed by atoms with van der Waals surface area (Å²) in [6.45, 7) is 1.12. The Morgan fingerprint density at radius 1 is 1.15 bits per heavy atom. The lowest BCUT2D eigenvalue weighted by Crippen LogP contribution is -2.27. The number of ether oxygens (including phenoxy) is 1. The minimum absolute atomic E-state index is 0.0153. The molecule has 6 nitrogen and oxygen atoms in total. The molecule has 0 amide bonds. The minimum Gasteiger partial charge on any atom is -0.381 e. The van der Waals surface area contributed by atoms with Crippen LogP contribution in [-0.2, 0) is 32.4 Å². The van der Waals surface area contributed by atoms with Crippen molar-refractivity contribution >= 4 is 27.6 Å². The topological polar surface area (TPSA) is 85.4 Å². The number of aromatic nitrogens is 1. The fourth-order valence-electron chi connectivity index (χ4n) is 4.55. The number of Topliss-reactive ketones (excluding diaryl/α,β-unsaturated/α-hetero) is 1. The van der Waals surface area contributed by atoms with Crippen molar-refractivity contribution in [1.29, 1.82) is 0 Å². The lowest BCUT2D eigenvalue weighted by molar-refractivity contribution is -0.119. The fraction of sp³-hybridized carbons (Fsp3) is 0.440. The van der Waals surface area contributed by atoms with E-state index in [1.165, 1.54) is 12.1 Å². The molecule has 2 aromatic rings. The summed E-state index contributed by atoms with van der Waals surface area (Å²) in [6.07, 6.45) is 8.22. The molecular weight excluding hydrogens is 443 g/mol. The van der Waals surface area contributed by atoms with E-state index in [2.05, 4.69) is 9.71 Å². The van der Waals surface area contributed by atoms with Gasteiger partial charge in [-0.3, -0.25) is 14.5 Å². The number of sulfonamides is 1. The summed E-state index contributed by atoms with van der Waals surface area (Å²) < 4.78 is 47.8. The zero-order valence-electron chi connectivity index (χ0n) is 18.3. The lowest BCUT2D eigenvalue weighted by atomic mass is 9.97. The summed E-state index contributed by atoms with van der Waals surface area (Å²) >= 11 is 0. The highest BCUT2D eigenvalue weighted by Crippen LogP contribution is 2.35. The summed E-state index contributed by atoms with van der Waals surface area (Å²) in [5.74, 6) is -0.293. The Kier molecular flexibility index (Phi) is 6.05. The third-order valence-electron chi connectivity index (χ3n) is 6.52. The fourth-order valence-corrected chi connectivity index (χ4v) is 6.09. The predicted molar refractivity (Wildman–Crippen MR) is 125 cm³/mol. The number of fused-ring (bicyclic) bond motifs is 1. The van der Waals surface area contributed by atoms with Gasteiger partial charge in [-0.2, -0.15) is 0 Å². The number of nitrogens with zero attached hydrogens (tertiary/aromatic N) is 1. The molecule has 0 bridgehead atoms. The van der Waals surface area contributed by atoms with Gasteiger partial charge in [-0.05, 0) is 60.9 Å². The zero-order chi connectivity index (χ0) is 23.0. The van der Waals surface area contributed by atoms with Crippen LogP contribution in [0.1, 0.15) is 42.6 Å². The van der Waals surface area contributed by atoms with Crippen LogP contribution in [0.3, 0.4) is 0 Å². The van der Waals surface area contributed by atoms with Crippen molar-refractivity contribution < 1.29 is 22.3 Å². The summed E-state index contributed by atoms with van der Waals surface area (Å²) in [6, 6.07) is 6.38. The number of benzene rings is 1. The van der Waals surface area contributed by atoms with Gasteiger partial charge in [0.15, 0.2) is 0 Å². The van der Waals surface area contributed by atoms with E-state index in [1.807, 2.05) is 18.2 Å². The normalized spacial score (nSPS) is 18.3. The highest BCUT2D eigenvalue weighted by Gasteiger charge is 2.30. The van der Waals surface area contributed by atoms with Gasteiger partial charge in [-0.1, -0.05) is 18.2 Å². The first-order chi connectivity index (χ1) is 15.9. The highest BCUT2D eigenvalue weighted by atomic mass is 32.2. The first-order valence-electron chi connectivity index (χ1n) is 11.5. The van der Waals surface area contributed by atoms with Gasteiger partial charge in [0.05, 0.1) is 17.1 Å². The molecule has 2 heterocycles. The number of carbonyl (C=O) groups excluding carboxylic acids is 1. The third kappa shape index (κ3) is 5.17. The molecule has 3 aliphatic rings. The van der Waals surface area contributed by atoms with Crippen LogP contribution >= 0.6 is 0 Å². The van der Waals surface area contributed by atoms with Crippen LogP contribution in [0.15, 0.2) is 30.3 Å². The first-order valence-corrected chi connectivity index (χ1v) is 13.1. The molecule has 1 aromatic carbocycles. The Morgan fingerprint density at radius 3 is 2.67 bits per heavy atom. The molecule has 1 saturated carbocycles. The molecule has 33 heavy (non-hydrogen) atoms. The van der Waals surface area contributed by atoms with E-state index < -0.39 is 15.8 Å². The minimum atomic E-state index is -3.67. The van der Waals surface area contributed by atoms with Gasteiger partial charge < -0.3 is 4.74 Å². The molecule has 0 spiro atoms. The number of allylic oxidation sites excluding steroid dienone is 1. The second kappa shape index (κ2) is 8.99. The Morgan fingerprint density at radius 2 is 1.94 bits per heavy atom. The maximum Gasteiger partial charge on any atom is 0.233 e.